The monoisotopic (exact) mass is 435 g/mol. The minimum atomic E-state index is -0.119. The molecule has 30 heavy (non-hydrogen) atoms. The van der Waals surface area contributed by atoms with Crippen LogP contribution in [0.2, 0.25) is 0 Å². The van der Waals surface area contributed by atoms with Crippen LogP contribution < -0.4 is 5.56 Å². The summed E-state index contributed by atoms with van der Waals surface area (Å²) in [5.74, 6) is 0.220. The van der Waals surface area contributed by atoms with Gasteiger partial charge in [-0.1, -0.05) is 36.0 Å². The Balaban J connectivity index is 1.69. The van der Waals surface area contributed by atoms with Gasteiger partial charge >= 0.3 is 0 Å². The second-order valence-corrected chi connectivity index (χ2v) is 8.74. The number of thiophene rings is 1. The van der Waals surface area contributed by atoms with E-state index >= 15 is 0 Å². The number of nitrogens with zero attached hydrogens (tertiary/aromatic N) is 3. The second-order valence-electron chi connectivity index (χ2n) is 6.91. The van der Waals surface area contributed by atoms with E-state index in [1.807, 2.05) is 61.7 Å². The lowest BCUT2D eigenvalue weighted by Gasteiger charge is -2.12. The molecule has 4 rings (SSSR count). The normalized spacial score (nSPS) is 11.1. The van der Waals surface area contributed by atoms with Crippen molar-refractivity contribution in [2.24, 2.45) is 0 Å². The Morgan fingerprint density at radius 2 is 2.00 bits per heavy atom. The van der Waals surface area contributed by atoms with E-state index < -0.39 is 0 Å². The van der Waals surface area contributed by atoms with Crippen molar-refractivity contribution >= 4 is 39.1 Å². The number of carbonyl (C=O) groups is 1. The van der Waals surface area contributed by atoms with Crippen LogP contribution in [0.1, 0.15) is 21.7 Å². The fourth-order valence-corrected chi connectivity index (χ4v) is 5.20. The molecule has 5 nitrogen and oxygen atoms in total. The summed E-state index contributed by atoms with van der Waals surface area (Å²) in [5, 5.41) is 2.98. The fourth-order valence-electron chi connectivity index (χ4n) is 3.50. The zero-order chi connectivity index (χ0) is 21.3. The SMILES string of the molecule is C=CCn1c(C)cc(C(=O)CSc2nc3sccc3c(=O)n2-c2ccccc2)c1C. The van der Waals surface area contributed by atoms with Crippen LogP contribution in [0.15, 0.2) is 70.5 Å². The van der Waals surface area contributed by atoms with E-state index in [1.165, 1.54) is 23.1 Å². The Bertz CT molecular complexity index is 1300. The molecule has 0 amide bonds. The summed E-state index contributed by atoms with van der Waals surface area (Å²) in [6.45, 7) is 8.39. The number of hydrogen-bond donors (Lipinski definition) is 0. The number of Topliss-reactive ketones (excluding diaryl/α,β-unsaturated/α-hetero) is 1. The van der Waals surface area contributed by atoms with Crippen molar-refractivity contribution in [3.63, 3.8) is 0 Å². The summed E-state index contributed by atoms with van der Waals surface area (Å²) in [4.78, 5) is 31.5. The summed E-state index contributed by atoms with van der Waals surface area (Å²) in [5.41, 5.74) is 3.28. The highest BCUT2D eigenvalue weighted by molar-refractivity contribution is 7.99. The minimum Gasteiger partial charge on any atom is -0.345 e. The average molecular weight is 436 g/mol. The average Bonchev–Trinajstić information content (AvgIpc) is 3.33. The predicted octanol–water partition coefficient (Wildman–Crippen LogP) is 5.03. The van der Waals surface area contributed by atoms with Gasteiger partial charge in [0.2, 0.25) is 0 Å². The summed E-state index contributed by atoms with van der Waals surface area (Å²) in [6.07, 6.45) is 1.82. The maximum atomic E-state index is 13.1. The highest BCUT2D eigenvalue weighted by Crippen LogP contribution is 2.25. The van der Waals surface area contributed by atoms with Gasteiger partial charge in [-0.3, -0.25) is 14.2 Å². The first-order valence-electron chi connectivity index (χ1n) is 9.50. The van der Waals surface area contributed by atoms with Crippen molar-refractivity contribution in [2.75, 3.05) is 5.75 Å². The molecule has 7 heteroatoms. The molecule has 0 radical (unpaired) electrons. The summed E-state index contributed by atoms with van der Waals surface area (Å²) in [7, 11) is 0. The summed E-state index contributed by atoms with van der Waals surface area (Å²) >= 11 is 2.72. The Labute approximate surface area is 182 Å². The first kappa shape index (κ1) is 20.4. The van der Waals surface area contributed by atoms with Crippen molar-refractivity contribution in [1.29, 1.82) is 0 Å². The molecule has 0 atom stereocenters. The maximum absolute atomic E-state index is 13.1. The number of aryl methyl sites for hydroxylation is 1. The van der Waals surface area contributed by atoms with Crippen LogP contribution in [0.5, 0.6) is 0 Å². The van der Waals surface area contributed by atoms with Crippen molar-refractivity contribution < 1.29 is 4.79 Å². The molecule has 152 valence electrons. The fraction of sp³-hybridized carbons (Fsp3) is 0.174. The largest absolute Gasteiger partial charge is 0.345 e. The van der Waals surface area contributed by atoms with Gasteiger partial charge in [-0.2, -0.15) is 0 Å². The molecule has 4 aromatic rings. The number of ketones is 1. The van der Waals surface area contributed by atoms with E-state index in [4.69, 9.17) is 0 Å². The number of hydrogen-bond acceptors (Lipinski definition) is 5. The van der Waals surface area contributed by atoms with E-state index in [9.17, 15) is 9.59 Å². The zero-order valence-corrected chi connectivity index (χ0v) is 18.4. The molecule has 0 saturated carbocycles. The zero-order valence-electron chi connectivity index (χ0n) is 16.8. The number of carbonyl (C=O) groups excluding carboxylic acids is 1. The van der Waals surface area contributed by atoms with Crippen LogP contribution in [-0.4, -0.2) is 25.7 Å². The highest BCUT2D eigenvalue weighted by Gasteiger charge is 2.19. The molecular formula is C23H21N3O2S2. The van der Waals surface area contributed by atoms with Gasteiger partial charge in [-0.25, -0.2) is 4.98 Å². The van der Waals surface area contributed by atoms with E-state index in [2.05, 4.69) is 16.1 Å². The Hall–Kier alpha value is -2.90. The third kappa shape index (κ3) is 3.66. The second kappa shape index (κ2) is 8.45. The Kier molecular flexibility index (Phi) is 5.74. The maximum Gasteiger partial charge on any atom is 0.267 e. The van der Waals surface area contributed by atoms with Gasteiger partial charge in [-0.05, 0) is 43.5 Å². The molecule has 0 aliphatic heterocycles. The highest BCUT2D eigenvalue weighted by atomic mass is 32.2. The molecule has 1 aromatic carbocycles. The van der Waals surface area contributed by atoms with Gasteiger partial charge in [0.05, 0.1) is 16.8 Å². The number of aromatic nitrogens is 3. The molecule has 0 aliphatic rings. The number of benzene rings is 1. The van der Waals surface area contributed by atoms with E-state index in [1.54, 1.807) is 10.6 Å². The standard InChI is InChI=1S/C23H21N3O2S2/c1-4-11-25-15(2)13-19(16(25)3)20(27)14-30-23-24-21-18(10-12-29-21)22(28)26(23)17-8-6-5-7-9-17/h4-10,12-13H,1,11,14H2,2-3H3. The molecule has 0 fully saturated rings. The van der Waals surface area contributed by atoms with Crippen LogP contribution in [0.4, 0.5) is 0 Å². The molecule has 0 bridgehead atoms. The first-order valence-corrected chi connectivity index (χ1v) is 11.4. The van der Waals surface area contributed by atoms with Crippen molar-refractivity contribution in [3.8, 4) is 5.69 Å². The van der Waals surface area contributed by atoms with Crippen LogP contribution >= 0.6 is 23.1 Å². The van der Waals surface area contributed by atoms with Gasteiger partial charge in [-0.15, -0.1) is 17.9 Å². The van der Waals surface area contributed by atoms with Crippen molar-refractivity contribution in [2.45, 2.75) is 25.5 Å². The first-order chi connectivity index (χ1) is 14.5. The molecule has 0 unspecified atom stereocenters. The number of para-hydroxylation sites is 1. The molecule has 3 heterocycles. The number of allylic oxidation sites excluding steroid dienone is 1. The van der Waals surface area contributed by atoms with Crippen LogP contribution in [0.25, 0.3) is 15.9 Å². The molecule has 0 N–H and O–H groups in total. The molecule has 0 spiro atoms. The third-order valence-electron chi connectivity index (χ3n) is 5.00. The lowest BCUT2D eigenvalue weighted by atomic mass is 10.2. The smallest absolute Gasteiger partial charge is 0.267 e. The summed E-state index contributed by atoms with van der Waals surface area (Å²) in [6, 6.07) is 13.1. The Morgan fingerprint density at radius 3 is 2.73 bits per heavy atom. The molecule has 3 aromatic heterocycles. The van der Waals surface area contributed by atoms with E-state index in [0.29, 0.717) is 27.5 Å². The van der Waals surface area contributed by atoms with Gasteiger partial charge in [0, 0.05) is 23.5 Å². The van der Waals surface area contributed by atoms with E-state index in [-0.39, 0.29) is 17.1 Å². The van der Waals surface area contributed by atoms with Gasteiger partial charge in [0.15, 0.2) is 10.9 Å². The van der Waals surface area contributed by atoms with Crippen LogP contribution in [0, 0.1) is 13.8 Å². The minimum absolute atomic E-state index is 0.0172. The lowest BCUT2D eigenvalue weighted by Crippen LogP contribution is -2.21. The van der Waals surface area contributed by atoms with Gasteiger partial charge in [0.1, 0.15) is 4.83 Å². The predicted molar refractivity (Wildman–Crippen MR) is 124 cm³/mol. The molecule has 0 saturated heterocycles. The van der Waals surface area contributed by atoms with Crippen LogP contribution in [0.3, 0.4) is 0 Å². The third-order valence-corrected chi connectivity index (χ3v) is 6.74. The molecule has 0 aliphatic carbocycles. The lowest BCUT2D eigenvalue weighted by molar-refractivity contribution is 0.102. The van der Waals surface area contributed by atoms with E-state index in [0.717, 1.165) is 17.1 Å². The van der Waals surface area contributed by atoms with Gasteiger partial charge in [0.25, 0.3) is 5.56 Å². The van der Waals surface area contributed by atoms with Crippen molar-refractivity contribution in [1.82, 2.24) is 14.1 Å². The summed E-state index contributed by atoms with van der Waals surface area (Å²) < 4.78 is 3.66. The number of thioether (sulfide) groups is 1. The quantitative estimate of drug-likeness (QED) is 0.177. The van der Waals surface area contributed by atoms with Crippen molar-refractivity contribution in [3.05, 3.63) is 87.8 Å². The Morgan fingerprint density at radius 1 is 1.23 bits per heavy atom. The van der Waals surface area contributed by atoms with Crippen LogP contribution in [-0.2, 0) is 6.54 Å². The number of rotatable bonds is 7. The topological polar surface area (TPSA) is 56.9 Å². The van der Waals surface area contributed by atoms with Gasteiger partial charge < -0.3 is 4.57 Å². The molecular weight excluding hydrogens is 414 g/mol. The number of fused-ring (bicyclic) bond motifs is 1.